The molecule has 0 aliphatic heterocycles. The molecule has 4 heteroatoms. The van der Waals surface area contributed by atoms with E-state index in [0.717, 1.165) is 22.4 Å². The van der Waals surface area contributed by atoms with Crippen LogP contribution in [0.25, 0.3) is 11.1 Å². The molecule has 0 radical (unpaired) electrons. The lowest BCUT2D eigenvalue weighted by Crippen LogP contribution is -2.31. The van der Waals surface area contributed by atoms with Crippen molar-refractivity contribution in [2.45, 2.75) is 32.4 Å². The molecule has 0 saturated heterocycles. The molecule has 2 aromatic rings. The van der Waals surface area contributed by atoms with Crippen LogP contribution in [-0.2, 0) is 4.79 Å². The topological polar surface area (TPSA) is 64.3 Å². The van der Waals surface area contributed by atoms with E-state index in [2.05, 4.69) is 5.32 Å². The van der Waals surface area contributed by atoms with Crippen molar-refractivity contribution in [3.8, 4) is 16.9 Å². The van der Waals surface area contributed by atoms with Gasteiger partial charge in [0.15, 0.2) is 0 Å². The Morgan fingerprint density at radius 1 is 1.13 bits per heavy atom. The van der Waals surface area contributed by atoms with Crippen LogP contribution in [0.3, 0.4) is 0 Å². The molecule has 122 valence electrons. The van der Waals surface area contributed by atoms with Crippen LogP contribution in [0, 0.1) is 0 Å². The number of carbonyl (C=O) groups is 1. The van der Waals surface area contributed by atoms with E-state index in [1.54, 1.807) is 7.11 Å². The third kappa shape index (κ3) is 4.57. The number of hydrogen-bond acceptors (Lipinski definition) is 3. The fourth-order valence-corrected chi connectivity index (χ4v) is 2.51. The van der Waals surface area contributed by atoms with E-state index in [1.165, 1.54) is 0 Å². The Morgan fingerprint density at radius 2 is 1.78 bits per heavy atom. The molecule has 0 aromatic heterocycles. The number of carbonyl (C=O) groups excluding carboxylic acids is 1. The molecule has 23 heavy (non-hydrogen) atoms. The molecule has 2 unspecified atom stereocenters. The van der Waals surface area contributed by atoms with Gasteiger partial charge in [0.05, 0.1) is 13.2 Å². The summed E-state index contributed by atoms with van der Waals surface area (Å²) in [6.45, 7) is 3.80. The minimum atomic E-state index is -0.130. The van der Waals surface area contributed by atoms with Crippen molar-refractivity contribution in [2.24, 2.45) is 5.73 Å². The van der Waals surface area contributed by atoms with Gasteiger partial charge in [-0.3, -0.25) is 4.79 Å². The lowest BCUT2D eigenvalue weighted by atomic mass is 10.0. The van der Waals surface area contributed by atoms with Crippen molar-refractivity contribution in [1.29, 1.82) is 0 Å². The van der Waals surface area contributed by atoms with Gasteiger partial charge in [-0.2, -0.15) is 0 Å². The van der Waals surface area contributed by atoms with Gasteiger partial charge >= 0.3 is 0 Å². The molecule has 1 amide bonds. The van der Waals surface area contributed by atoms with E-state index in [4.69, 9.17) is 10.5 Å². The Kier molecular flexibility index (Phi) is 5.77. The second-order valence-corrected chi connectivity index (χ2v) is 5.79. The molecule has 2 atom stereocenters. The molecule has 4 nitrogen and oxygen atoms in total. The van der Waals surface area contributed by atoms with Gasteiger partial charge in [-0.25, -0.2) is 0 Å². The smallest absolute Gasteiger partial charge is 0.222 e. The van der Waals surface area contributed by atoms with E-state index in [-0.39, 0.29) is 18.0 Å². The van der Waals surface area contributed by atoms with Crippen LogP contribution in [0.4, 0.5) is 0 Å². The third-order valence-electron chi connectivity index (χ3n) is 3.71. The molecule has 0 aliphatic rings. The molecular weight excluding hydrogens is 288 g/mol. The third-order valence-corrected chi connectivity index (χ3v) is 3.71. The average Bonchev–Trinajstić information content (AvgIpc) is 2.54. The van der Waals surface area contributed by atoms with Gasteiger partial charge in [-0.15, -0.1) is 0 Å². The first-order valence-corrected chi connectivity index (χ1v) is 7.79. The van der Waals surface area contributed by atoms with Crippen LogP contribution in [0.15, 0.2) is 48.5 Å². The summed E-state index contributed by atoms with van der Waals surface area (Å²) in [6, 6.07) is 15.9. The molecule has 0 heterocycles. The van der Waals surface area contributed by atoms with Crippen LogP contribution in [0.2, 0.25) is 0 Å². The van der Waals surface area contributed by atoms with Crippen LogP contribution >= 0.6 is 0 Å². The SMILES string of the molecule is COc1ccccc1-c1ccc(C(C)NC(=O)CC(C)N)cc1. The summed E-state index contributed by atoms with van der Waals surface area (Å²) in [4.78, 5) is 11.8. The maximum absolute atomic E-state index is 11.8. The second-order valence-electron chi connectivity index (χ2n) is 5.79. The van der Waals surface area contributed by atoms with Gasteiger partial charge in [-0.1, -0.05) is 42.5 Å². The van der Waals surface area contributed by atoms with Crippen molar-refractivity contribution in [3.63, 3.8) is 0 Å². The van der Waals surface area contributed by atoms with Crippen molar-refractivity contribution < 1.29 is 9.53 Å². The van der Waals surface area contributed by atoms with Crippen molar-refractivity contribution >= 4 is 5.91 Å². The molecule has 2 aromatic carbocycles. The van der Waals surface area contributed by atoms with Gasteiger partial charge in [0, 0.05) is 18.0 Å². The van der Waals surface area contributed by atoms with Gasteiger partial charge in [0.1, 0.15) is 5.75 Å². The monoisotopic (exact) mass is 312 g/mol. The summed E-state index contributed by atoms with van der Waals surface area (Å²) in [6.07, 6.45) is 0.337. The Hall–Kier alpha value is -2.33. The summed E-state index contributed by atoms with van der Waals surface area (Å²) in [5.41, 5.74) is 8.84. The zero-order valence-corrected chi connectivity index (χ0v) is 13.9. The quantitative estimate of drug-likeness (QED) is 0.860. The fraction of sp³-hybridized carbons (Fsp3) is 0.316. The maximum atomic E-state index is 11.8. The summed E-state index contributed by atoms with van der Waals surface area (Å²) in [5.74, 6) is 0.819. The Balaban J connectivity index is 2.11. The Labute approximate surface area is 137 Å². The number of para-hydroxylation sites is 1. The van der Waals surface area contributed by atoms with Crippen LogP contribution in [0.5, 0.6) is 5.75 Å². The highest BCUT2D eigenvalue weighted by molar-refractivity contribution is 5.77. The summed E-state index contributed by atoms with van der Waals surface area (Å²) >= 11 is 0. The first-order valence-electron chi connectivity index (χ1n) is 7.79. The zero-order valence-electron chi connectivity index (χ0n) is 13.9. The van der Waals surface area contributed by atoms with E-state index < -0.39 is 0 Å². The highest BCUT2D eigenvalue weighted by Gasteiger charge is 2.11. The van der Waals surface area contributed by atoms with Crippen molar-refractivity contribution in [3.05, 3.63) is 54.1 Å². The van der Waals surface area contributed by atoms with Gasteiger partial charge in [0.2, 0.25) is 5.91 Å². The van der Waals surface area contributed by atoms with Crippen LogP contribution in [-0.4, -0.2) is 19.1 Å². The van der Waals surface area contributed by atoms with Gasteiger partial charge in [0.25, 0.3) is 0 Å². The van der Waals surface area contributed by atoms with Crippen molar-refractivity contribution in [2.75, 3.05) is 7.11 Å². The number of nitrogens with one attached hydrogen (secondary N) is 1. The van der Waals surface area contributed by atoms with Gasteiger partial charge < -0.3 is 15.8 Å². The summed E-state index contributed by atoms with van der Waals surface area (Å²) in [7, 11) is 1.67. The highest BCUT2D eigenvalue weighted by atomic mass is 16.5. The lowest BCUT2D eigenvalue weighted by Gasteiger charge is -2.16. The van der Waals surface area contributed by atoms with E-state index in [9.17, 15) is 4.79 Å². The average molecular weight is 312 g/mol. The number of nitrogens with two attached hydrogens (primary N) is 1. The number of benzene rings is 2. The van der Waals surface area contributed by atoms with Crippen LogP contribution < -0.4 is 15.8 Å². The number of ether oxygens (including phenoxy) is 1. The van der Waals surface area contributed by atoms with E-state index in [0.29, 0.717) is 6.42 Å². The predicted octanol–water partition coefficient (Wildman–Crippen LogP) is 3.28. The second kappa shape index (κ2) is 7.79. The molecule has 0 saturated carbocycles. The molecular formula is C19H24N2O2. The lowest BCUT2D eigenvalue weighted by molar-refractivity contribution is -0.122. The minimum absolute atomic E-state index is 0.0266. The Morgan fingerprint density at radius 3 is 2.39 bits per heavy atom. The molecule has 0 spiro atoms. The molecule has 0 fully saturated rings. The number of methoxy groups -OCH3 is 1. The van der Waals surface area contributed by atoms with Crippen molar-refractivity contribution in [1.82, 2.24) is 5.32 Å². The highest BCUT2D eigenvalue weighted by Crippen LogP contribution is 2.30. The van der Waals surface area contributed by atoms with E-state index >= 15 is 0 Å². The fourth-order valence-electron chi connectivity index (χ4n) is 2.51. The number of amides is 1. The number of hydrogen-bond donors (Lipinski definition) is 2. The molecule has 0 aliphatic carbocycles. The first kappa shape index (κ1) is 17.0. The van der Waals surface area contributed by atoms with Crippen LogP contribution in [0.1, 0.15) is 31.9 Å². The number of rotatable bonds is 6. The predicted molar refractivity (Wildman–Crippen MR) is 93.3 cm³/mol. The first-order chi connectivity index (χ1) is 11.0. The molecule has 3 N–H and O–H groups in total. The summed E-state index contributed by atoms with van der Waals surface area (Å²) < 4.78 is 5.40. The minimum Gasteiger partial charge on any atom is -0.496 e. The molecule has 0 bridgehead atoms. The maximum Gasteiger partial charge on any atom is 0.222 e. The normalized spacial score (nSPS) is 13.2. The van der Waals surface area contributed by atoms with Gasteiger partial charge in [-0.05, 0) is 31.0 Å². The zero-order chi connectivity index (χ0) is 16.8. The Bertz CT molecular complexity index is 651. The largest absolute Gasteiger partial charge is 0.496 e. The summed E-state index contributed by atoms with van der Waals surface area (Å²) in [5, 5.41) is 2.97. The van der Waals surface area contributed by atoms with E-state index in [1.807, 2.05) is 62.4 Å². The standard InChI is InChI=1S/C19H24N2O2/c1-13(20)12-19(22)21-14(2)15-8-10-16(11-9-15)17-6-4-5-7-18(17)23-3/h4-11,13-14H,12,20H2,1-3H3,(H,21,22). The molecule has 2 rings (SSSR count).